The lowest BCUT2D eigenvalue weighted by atomic mass is 9.85. The lowest BCUT2D eigenvalue weighted by molar-refractivity contribution is 0.920. The average Bonchev–Trinajstić information content (AvgIpc) is 2.69. The summed E-state index contributed by atoms with van der Waals surface area (Å²) in [5, 5.41) is 2.50. The minimum absolute atomic E-state index is 0.108. The summed E-state index contributed by atoms with van der Waals surface area (Å²) in [6, 6.07) is 25.7. The van der Waals surface area contributed by atoms with E-state index in [0.29, 0.717) is 0 Å². The van der Waals surface area contributed by atoms with Gasteiger partial charge in [0.15, 0.2) is 0 Å². The van der Waals surface area contributed by atoms with Gasteiger partial charge in [-0.3, -0.25) is 0 Å². The molecular formula is C23H21N3. The quantitative estimate of drug-likeness (QED) is 0.531. The van der Waals surface area contributed by atoms with Crippen molar-refractivity contribution in [1.82, 2.24) is 9.97 Å². The molecule has 0 aliphatic heterocycles. The molecule has 4 aromatic rings. The molecule has 128 valence electrons. The topological polar surface area (TPSA) is 29.0 Å². The van der Waals surface area contributed by atoms with Crippen LogP contribution in [0.1, 0.15) is 22.6 Å². The van der Waals surface area contributed by atoms with Crippen LogP contribution in [0.2, 0.25) is 0 Å². The Kier molecular flexibility index (Phi) is 4.36. The monoisotopic (exact) mass is 339 g/mol. The lowest BCUT2D eigenvalue weighted by Crippen LogP contribution is -2.13. The fraction of sp³-hybridized carbons (Fsp3) is 0.130. The molecule has 4 rings (SSSR count). The van der Waals surface area contributed by atoms with Crippen LogP contribution in [0.3, 0.4) is 0 Å². The van der Waals surface area contributed by atoms with E-state index in [1.54, 1.807) is 0 Å². The zero-order valence-electron chi connectivity index (χ0n) is 15.0. The predicted molar refractivity (Wildman–Crippen MR) is 108 cm³/mol. The molecule has 0 amide bonds. The van der Waals surface area contributed by atoms with Crippen molar-refractivity contribution < 1.29 is 0 Å². The van der Waals surface area contributed by atoms with Crippen LogP contribution in [0.5, 0.6) is 0 Å². The molecule has 1 atom stereocenters. The van der Waals surface area contributed by atoms with Crippen molar-refractivity contribution in [2.24, 2.45) is 0 Å². The van der Waals surface area contributed by atoms with Gasteiger partial charge in [-0.2, -0.15) is 0 Å². The maximum absolute atomic E-state index is 4.53. The third-order valence-electron chi connectivity index (χ3n) is 4.63. The number of rotatable bonds is 4. The van der Waals surface area contributed by atoms with Crippen LogP contribution in [0, 0.1) is 0 Å². The second kappa shape index (κ2) is 6.96. The molecule has 0 aliphatic rings. The SMILES string of the molecule is CN(C)c1ncc([C@H](c2ccccc2)c2ccc3ccccc3c2)cn1. The molecule has 3 nitrogen and oxygen atoms in total. The zero-order chi connectivity index (χ0) is 17.9. The molecule has 0 N–H and O–H groups in total. The minimum Gasteiger partial charge on any atom is -0.347 e. The number of benzene rings is 3. The van der Waals surface area contributed by atoms with E-state index in [1.807, 2.05) is 37.5 Å². The van der Waals surface area contributed by atoms with E-state index >= 15 is 0 Å². The van der Waals surface area contributed by atoms with Crippen LogP contribution in [0.15, 0.2) is 85.2 Å². The van der Waals surface area contributed by atoms with Crippen LogP contribution in [0.4, 0.5) is 5.95 Å². The molecule has 0 aliphatic carbocycles. The molecule has 0 spiro atoms. The van der Waals surface area contributed by atoms with Crippen molar-refractivity contribution in [3.05, 3.63) is 102 Å². The normalized spacial score (nSPS) is 12.1. The average molecular weight is 339 g/mol. The Bertz CT molecular complexity index is 1010. The van der Waals surface area contributed by atoms with Crippen molar-refractivity contribution in [3.8, 4) is 0 Å². The van der Waals surface area contributed by atoms with Gasteiger partial charge in [-0.15, -0.1) is 0 Å². The molecular weight excluding hydrogens is 318 g/mol. The highest BCUT2D eigenvalue weighted by Gasteiger charge is 2.18. The van der Waals surface area contributed by atoms with Crippen molar-refractivity contribution in [2.75, 3.05) is 19.0 Å². The standard InChI is InChI=1S/C23H21N3/c1-26(2)23-24-15-21(16-25-23)22(18-9-4-3-5-10-18)20-13-12-17-8-6-7-11-19(17)14-20/h3-16,22H,1-2H3/t22-/m1/s1. The van der Waals surface area contributed by atoms with Gasteiger partial charge in [0.05, 0.1) is 0 Å². The second-order valence-corrected chi connectivity index (χ2v) is 6.66. The molecule has 0 unspecified atom stereocenters. The summed E-state index contributed by atoms with van der Waals surface area (Å²) in [7, 11) is 3.90. The highest BCUT2D eigenvalue weighted by atomic mass is 15.2. The predicted octanol–water partition coefficient (Wildman–Crippen LogP) is 4.88. The number of aromatic nitrogens is 2. The molecule has 26 heavy (non-hydrogen) atoms. The van der Waals surface area contributed by atoms with E-state index in [0.717, 1.165) is 11.5 Å². The number of hydrogen-bond donors (Lipinski definition) is 0. The Morgan fingerprint density at radius 3 is 2.00 bits per heavy atom. The first-order valence-electron chi connectivity index (χ1n) is 8.75. The molecule has 0 saturated carbocycles. The van der Waals surface area contributed by atoms with E-state index in [-0.39, 0.29) is 5.92 Å². The maximum atomic E-state index is 4.53. The van der Waals surface area contributed by atoms with E-state index in [9.17, 15) is 0 Å². The van der Waals surface area contributed by atoms with Gasteiger partial charge in [-0.05, 0) is 21.9 Å². The lowest BCUT2D eigenvalue weighted by Gasteiger charge is -2.19. The van der Waals surface area contributed by atoms with E-state index in [2.05, 4.69) is 76.7 Å². The first kappa shape index (κ1) is 16.3. The smallest absolute Gasteiger partial charge is 0.224 e. The van der Waals surface area contributed by atoms with Crippen molar-refractivity contribution in [1.29, 1.82) is 0 Å². The minimum atomic E-state index is 0.108. The van der Waals surface area contributed by atoms with Crippen LogP contribution in [0.25, 0.3) is 10.8 Å². The van der Waals surface area contributed by atoms with E-state index in [4.69, 9.17) is 0 Å². The summed E-state index contributed by atoms with van der Waals surface area (Å²) in [5.74, 6) is 0.830. The Morgan fingerprint density at radius 2 is 1.31 bits per heavy atom. The van der Waals surface area contributed by atoms with Crippen LogP contribution in [-0.4, -0.2) is 24.1 Å². The zero-order valence-corrected chi connectivity index (χ0v) is 15.0. The molecule has 3 heteroatoms. The largest absolute Gasteiger partial charge is 0.347 e. The van der Waals surface area contributed by atoms with Crippen LogP contribution < -0.4 is 4.90 Å². The molecule has 0 bridgehead atoms. The molecule has 1 heterocycles. The molecule has 0 fully saturated rings. The van der Waals surface area contributed by atoms with Crippen molar-refractivity contribution >= 4 is 16.7 Å². The van der Waals surface area contributed by atoms with Gasteiger partial charge in [-0.25, -0.2) is 9.97 Å². The fourth-order valence-corrected chi connectivity index (χ4v) is 3.32. The maximum Gasteiger partial charge on any atom is 0.224 e. The summed E-state index contributed by atoms with van der Waals surface area (Å²) in [4.78, 5) is 11.0. The molecule has 0 saturated heterocycles. The number of hydrogen-bond acceptors (Lipinski definition) is 3. The summed E-state index contributed by atoms with van der Waals surface area (Å²) in [5.41, 5.74) is 3.58. The molecule has 0 radical (unpaired) electrons. The van der Waals surface area contributed by atoms with Crippen LogP contribution >= 0.6 is 0 Å². The first-order chi connectivity index (χ1) is 12.7. The summed E-state index contributed by atoms with van der Waals surface area (Å²) in [6.45, 7) is 0. The van der Waals surface area contributed by atoms with Crippen molar-refractivity contribution in [2.45, 2.75) is 5.92 Å². The number of nitrogens with zero attached hydrogens (tertiary/aromatic N) is 3. The van der Waals surface area contributed by atoms with Gasteiger partial charge in [-0.1, -0.05) is 72.8 Å². The summed E-state index contributed by atoms with van der Waals surface area (Å²) in [6.07, 6.45) is 3.88. The Labute approximate surface area is 154 Å². The number of anilines is 1. The van der Waals surface area contributed by atoms with E-state index < -0.39 is 0 Å². The summed E-state index contributed by atoms with van der Waals surface area (Å²) >= 11 is 0. The first-order valence-corrected chi connectivity index (χ1v) is 8.75. The Balaban J connectivity index is 1.84. The Morgan fingerprint density at radius 1 is 0.654 bits per heavy atom. The number of fused-ring (bicyclic) bond motifs is 1. The van der Waals surface area contributed by atoms with Gasteiger partial charge in [0.1, 0.15) is 0 Å². The highest BCUT2D eigenvalue weighted by Crippen LogP contribution is 2.33. The van der Waals surface area contributed by atoms with E-state index in [1.165, 1.54) is 21.9 Å². The van der Waals surface area contributed by atoms with Gasteiger partial charge in [0, 0.05) is 38.0 Å². The van der Waals surface area contributed by atoms with Gasteiger partial charge < -0.3 is 4.90 Å². The van der Waals surface area contributed by atoms with Gasteiger partial charge in [0.2, 0.25) is 5.95 Å². The highest BCUT2D eigenvalue weighted by molar-refractivity contribution is 5.83. The second-order valence-electron chi connectivity index (χ2n) is 6.66. The molecule has 1 aromatic heterocycles. The van der Waals surface area contributed by atoms with Gasteiger partial charge in [0.25, 0.3) is 0 Å². The van der Waals surface area contributed by atoms with Crippen LogP contribution in [-0.2, 0) is 0 Å². The van der Waals surface area contributed by atoms with Gasteiger partial charge >= 0.3 is 0 Å². The third kappa shape index (κ3) is 3.16. The Hall–Kier alpha value is -3.20. The van der Waals surface area contributed by atoms with Crippen molar-refractivity contribution in [3.63, 3.8) is 0 Å². The third-order valence-corrected chi connectivity index (χ3v) is 4.63. The summed E-state index contributed by atoms with van der Waals surface area (Å²) < 4.78 is 0. The molecule has 3 aromatic carbocycles. The fourth-order valence-electron chi connectivity index (χ4n) is 3.32.